The third-order valence-corrected chi connectivity index (χ3v) is 4.19. The van der Waals surface area contributed by atoms with Gasteiger partial charge >= 0.3 is 0 Å². The maximum atomic E-state index is 12.4. The fraction of sp³-hybridized carbons (Fsp3) is 0.688. The lowest BCUT2D eigenvalue weighted by Crippen LogP contribution is -2.44. The first kappa shape index (κ1) is 18.8. The highest BCUT2D eigenvalue weighted by Crippen LogP contribution is 2.20. The average Bonchev–Trinajstić information content (AvgIpc) is 2.34. The van der Waals surface area contributed by atoms with Gasteiger partial charge in [-0.1, -0.05) is 46.8 Å². The minimum absolute atomic E-state index is 0.0322. The van der Waals surface area contributed by atoms with Crippen LogP contribution in [0.5, 0.6) is 0 Å². The van der Waals surface area contributed by atoms with Crippen LogP contribution in [0.3, 0.4) is 0 Å². The Morgan fingerprint density at radius 1 is 1.36 bits per heavy atom. The number of aliphatic hydroxyl groups is 1. The summed E-state index contributed by atoms with van der Waals surface area (Å²) in [6.07, 6.45) is 0. The Hall–Kier alpha value is -1.27. The lowest BCUT2D eigenvalue weighted by Gasteiger charge is -2.28. The third-order valence-electron chi connectivity index (χ3n) is 3.90. The molecule has 0 radical (unpaired) electrons. The molecular weight excluding hydrogens is 298 g/mol. The van der Waals surface area contributed by atoms with Gasteiger partial charge in [-0.05, 0) is 19.8 Å². The molecule has 0 aromatic carbocycles. The molecule has 22 heavy (non-hydrogen) atoms. The van der Waals surface area contributed by atoms with Crippen LogP contribution in [0.15, 0.2) is 0 Å². The summed E-state index contributed by atoms with van der Waals surface area (Å²) >= 11 is 5.28. The molecule has 6 heteroatoms. The molecule has 1 atom stereocenters. The Labute approximate surface area is 137 Å². The maximum Gasteiger partial charge on any atom is 0.256 e. The number of aromatic nitrogens is 2. The van der Waals surface area contributed by atoms with Crippen molar-refractivity contribution in [1.82, 2.24) is 15.3 Å². The highest BCUT2D eigenvalue weighted by molar-refractivity contribution is 7.71. The van der Waals surface area contributed by atoms with E-state index in [-0.39, 0.29) is 28.4 Å². The van der Waals surface area contributed by atoms with E-state index < -0.39 is 5.60 Å². The first-order chi connectivity index (χ1) is 9.86. The normalized spacial score (nSPS) is 14.8. The third kappa shape index (κ3) is 4.36. The monoisotopic (exact) mass is 325 g/mol. The maximum absolute atomic E-state index is 12.4. The van der Waals surface area contributed by atoms with E-state index in [0.717, 1.165) is 5.82 Å². The summed E-state index contributed by atoms with van der Waals surface area (Å²) in [6, 6.07) is 0. The van der Waals surface area contributed by atoms with E-state index >= 15 is 0 Å². The Morgan fingerprint density at radius 3 is 2.32 bits per heavy atom. The van der Waals surface area contributed by atoms with Gasteiger partial charge in [-0.2, -0.15) is 0 Å². The molecule has 0 fully saturated rings. The summed E-state index contributed by atoms with van der Waals surface area (Å²) in [6.45, 7) is 13.6. The first-order valence-electron chi connectivity index (χ1n) is 7.48. The van der Waals surface area contributed by atoms with Crippen LogP contribution in [-0.4, -0.2) is 33.1 Å². The van der Waals surface area contributed by atoms with Crippen LogP contribution in [0, 0.1) is 17.5 Å². The van der Waals surface area contributed by atoms with E-state index in [0.29, 0.717) is 11.3 Å². The van der Waals surface area contributed by atoms with Crippen LogP contribution in [0.2, 0.25) is 0 Å². The topological polar surface area (TPSA) is 78.0 Å². The van der Waals surface area contributed by atoms with E-state index in [1.165, 1.54) is 0 Å². The predicted octanol–water partition coefficient (Wildman–Crippen LogP) is 2.88. The molecule has 0 aliphatic carbocycles. The number of amides is 1. The molecule has 1 rings (SSSR count). The first-order valence-corrected chi connectivity index (χ1v) is 7.89. The second-order valence-electron chi connectivity index (χ2n) is 7.34. The fourth-order valence-corrected chi connectivity index (χ4v) is 2.10. The molecule has 1 heterocycles. The molecule has 1 aromatic rings. The molecule has 0 saturated heterocycles. The number of hydrogen-bond donors (Lipinski definition) is 3. The predicted molar refractivity (Wildman–Crippen MR) is 90.7 cm³/mol. The molecule has 124 valence electrons. The summed E-state index contributed by atoms with van der Waals surface area (Å²) in [5.41, 5.74) is -0.0864. The molecule has 0 aliphatic heterocycles. The van der Waals surface area contributed by atoms with Crippen molar-refractivity contribution in [3.8, 4) is 0 Å². The number of carbonyl (C=O) groups excluding carboxylic acids is 1. The van der Waals surface area contributed by atoms with E-state index in [1.807, 2.05) is 41.5 Å². The number of rotatable bonds is 4. The van der Waals surface area contributed by atoms with Crippen LogP contribution < -0.4 is 5.32 Å². The summed E-state index contributed by atoms with van der Waals surface area (Å²) in [5, 5.41) is 13.0. The average molecular weight is 325 g/mol. The molecule has 0 spiro atoms. The second kappa shape index (κ2) is 6.46. The van der Waals surface area contributed by atoms with Gasteiger partial charge in [0.15, 0.2) is 0 Å². The van der Waals surface area contributed by atoms with Crippen LogP contribution >= 0.6 is 12.2 Å². The van der Waals surface area contributed by atoms with Gasteiger partial charge in [-0.3, -0.25) is 4.79 Å². The molecule has 0 unspecified atom stereocenters. The van der Waals surface area contributed by atoms with Crippen molar-refractivity contribution in [3.05, 3.63) is 21.7 Å². The summed E-state index contributed by atoms with van der Waals surface area (Å²) in [5.74, 6) is 0.471. The number of hydrogen-bond acceptors (Lipinski definition) is 4. The SMILES string of the molecule is Cc1[nH]c(C(C)(C)C)nc(=S)c1C(=O)NC[C@@](C)(O)C(C)C. The van der Waals surface area contributed by atoms with Crippen molar-refractivity contribution in [2.75, 3.05) is 6.54 Å². The summed E-state index contributed by atoms with van der Waals surface area (Å²) in [7, 11) is 0. The molecule has 0 aliphatic rings. The standard InChI is InChI=1S/C16H27N3O2S/c1-9(2)16(7,21)8-17-12(20)11-10(3)18-14(15(4,5)6)19-13(11)22/h9,21H,8H2,1-7H3,(H,17,20)(H,18,19,22)/t16-/m1/s1. The Balaban J connectivity index is 3.04. The zero-order valence-electron chi connectivity index (χ0n) is 14.5. The Bertz CT molecular complexity index is 613. The van der Waals surface area contributed by atoms with E-state index in [9.17, 15) is 9.90 Å². The number of carbonyl (C=O) groups is 1. The van der Waals surface area contributed by atoms with Crippen LogP contribution in [-0.2, 0) is 5.41 Å². The van der Waals surface area contributed by atoms with Crippen LogP contribution in [0.25, 0.3) is 0 Å². The van der Waals surface area contributed by atoms with E-state index in [2.05, 4.69) is 15.3 Å². The fourth-order valence-electron chi connectivity index (χ4n) is 1.76. The summed E-state index contributed by atoms with van der Waals surface area (Å²) < 4.78 is 0.280. The van der Waals surface area contributed by atoms with Gasteiger partial charge in [-0.15, -0.1) is 0 Å². The van der Waals surface area contributed by atoms with E-state index in [1.54, 1.807) is 6.92 Å². The molecular formula is C16H27N3O2S. The molecule has 0 saturated carbocycles. The molecule has 1 amide bonds. The number of aromatic amines is 1. The number of nitrogens with one attached hydrogen (secondary N) is 2. The quantitative estimate of drug-likeness (QED) is 0.744. The van der Waals surface area contributed by atoms with Crippen molar-refractivity contribution in [3.63, 3.8) is 0 Å². The summed E-state index contributed by atoms with van der Waals surface area (Å²) in [4.78, 5) is 19.9. The molecule has 3 N–H and O–H groups in total. The van der Waals surface area contributed by atoms with Crippen molar-refractivity contribution >= 4 is 18.1 Å². The lowest BCUT2D eigenvalue weighted by molar-refractivity contribution is 0.0142. The lowest BCUT2D eigenvalue weighted by atomic mass is 9.92. The number of H-pyrrole nitrogens is 1. The second-order valence-corrected chi connectivity index (χ2v) is 7.72. The molecule has 0 bridgehead atoms. The van der Waals surface area contributed by atoms with Crippen molar-refractivity contribution < 1.29 is 9.90 Å². The van der Waals surface area contributed by atoms with Gasteiger partial charge < -0.3 is 15.4 Å². The van der Waals surface area contributed by atoms with Crippen molar-refractivity contribution in [2.45, 2.75) is 59.5 Å². The smallest absolute Gasteiger partial charge is 0.256 e. The Kier molecular flexibility index (Phi) is 5.51. The molecule has 5 nitrogen and oxygen atoms in total. The Morgan fingerprint density at radius 2 is 1.91 bits per heavy atom. The van der Waals surface area contributed by atoms with E-state index in [4.69, 9.17) is 12.2 Å². The van der Waals surface area contributed by atoms with Gasteiger partial charge in [0.2, 0.25) is 0 Å². The van der Waals surface area contributed by atoms with Gasteiger partial charge in [0, 0.05) is 17.7 Å². The highest BCUT2D eigenvalue weighted by atomic mass is 32.1. The van der Waals surface area contributed by atoms with Crippen molar-refractivity contribution in [2.24, 2.45) is 5.92 Å². The zero-order valence-corrected chi connectivity index (χ0v) is 15.3. The zero-order chi connectivity index (χ0) is 17.3. The number of nitrogens with zero attached hydrogens (tertiary/aromatic N) is 1. The van der Waals surface area contributed by atoms with Crippen LogP contribution in [0.4, 0.5) is 0 Å². The highest BCUT2D eigenvalue weighted by Gasteiger charge is 2.27. The van der Waals surface area contributed by atoms with Crippen LogP contribution in [0.1, 0.15) is 63.4 Å². The van der Waals surface area contributed by atoms with Gasteiger partial charge in [0.05, 0.1) is 11.2 Å². The minimum atomic E-state index is -0.965. The number of aryl methyl sites for hydroxylation is 1. The molecule has 1 aromatic heterocycles. The van der Waals surface area contributed by atoms with Gasteiger partial charge in [0.25, 0.3) is 5.91 Å². The minimum Gasteiger partial charge on any atom is -0.388 e. The largest absolute Gasteiger partial charge is 0.388 e. The van der Waals surface area contributed by atoms with Gasteiger partial charge in [-0.25, -0.2) is 4.98 Å². The van der Waals surface area contributed by atoms with Crippen molar-refractivity contribution in [1.29, 1.82) is 0 Å². The van der Waals surface area contributed by atoms with Gasteiger partial charge in [0.1, 0.15) is 10.5 Å².